The molecular formula is C20H24N2O3S. The number of nitrogens with zero attached hydrogens (tertiary/aromatic N) is 1. The van der Waals surface area contributed by atoms with E-state index in [4.69, 9.17) is 21.7 Å². The van der Waals surface area contributed by atoms with E-state index in [-0.39, 0.29) is 5.76 Å². The Morgan fingerprint density at radius 2 is 1.85 bits per heavy atom. The van der Waals surface area contributed by atoms with Crippen LogP contribution in [0.2, 0.25) is 0 Å². The van der Waals surface area contributed by atoms with Gasteiger partial charge in [0.15, 0.2) is 17.4 Å². The maximum Gasteiger partial charge on any atom is 0.237 e. The summed E-state index contributed by atoms with van der Waals surface area (Å²) < 4.78 is 12.2. The highest BCUT2D eigenvalue weighted by Gasteiger charge is 2.17. The van der Waals surface area contributed by atoms with E-state index in [0.29, 0.717) is 41.8 Å². The Kier molecular flexibility index (Phi) is 8.05. The summed E-state index contributed by atoms with van der Waals surface area (Å²) in [6.45, 7) is 3.96. The number of hydrogen-bond acceptors (Lipinski definition) is 4. The SMILES string of the molecule is CCOCCCNC(=S)C(=C([O-])c1ccc(OC)cc1)[n+]1ccccc1. The lowest BCUT2D eigenvalue weighted by atomic mass is 10.1. The summed E-state index contributed by atoms with van der Waals surface area (Å²) in [6.07, 6.45) is 4.44. The lowest BCUT2D eigenvalue weighted by Gasteiger charge is -2.17. The summed E-state index contributed by atoms with van der Waals surface area (Å²) in [6, 6.07) is 12.6. The molecule has 1 N–H and O–H groups in total. The van der Waals surface area contributed by atoms with Gasteiger partial charge in [0.1, 0.15) is 5.75 Å². The Labute approximate surface area is 159 Å². The number of aromatic nitrogens is 1. The molecule has 1 aromatic carbocycles. The second-order valence-electron chi connectivity index (χ2n) is 5.50. The number of pyridine rings is 1. The zero-order valence-corrected chi connectivity index (χ0v) is 15.9. The fraction of sp³-hybridized carbons (Fsp3) is 0.300. The van der Waals surface area contributed by atoms with E-state index in [1.165, 1.54) is 0 Å². The third kappa shape index (κ3) is 5.54. The second kappa shape index (κ2) is 10.5. The van der Waals surface area contributed by atoms with Gasteiger partial charge >= 0.3 is 0 Å². The number of benzene rings is 1. The highest BCUT2D eigenvalue weighted by molar-refractivity contribution is 7.81. The van der Waals surface area contributed by atoms with Gasteiger partial charge in [0.05, 0.1) is 7.11 Å². The van der Waals surface area contributed by atoms with E-state index in [1.807, 2.05) is 37.5 Å². The van der Waals surface area contributed by atoms with Crippen molar-refractivity contribution in [2.45, 2.75) is 13.3 Å². The van der Waals surface area contributed by atoms with Gasteiger partial charge in [-0.05, 0) is 36.8 Å². The van der Waals surface area contributed by atoms with Crippen molar-refractivity contribution in [3.63, 3.8) is 0 Å². The molecule has 0 unspecified atom stereocenters. The first-order chi connectivity index (χ1) is 12.7. The molecule has 0 amide bonds. The van der Waals surface area contributed by atoms with Crippen LogP contribution in [0.4, 0.5) is 0 Å². The lowest BCUT2D eigenvalue weighted by Crippen LogP contribution is -2.42. The molecule has 0 aliphatic heterocycles. The van der Waals surface area contributed by atoms with Gasteiger partial charge in [-0.15, -0.1) is 0 Å². The third-order valence-corrected chi connectivity index (χ3v) is 4.05. The van der Waals surface area contributed by atoms with E-state index in [1.54, 1.807) is 35.9 Å². The molecule has 2 aromatic rings. The zero-order valence-electron chi connectivity index (χ0n) is 15.1. The molecular weight excluding hydrogens is 348 g/mol. The number of nitrogens with one attached hydrogen (secondary N) is 1. The topological polar surface area (TPSA) is 57.4 Å². The number of thiocarbonyl (C=S) groups is 1. The van der Waals surface area contributed by atoms with Crippen LogP contribution in [0.15, 0.2) is 54.9 Å². The van der Waals surface area contributed by atoms with Gasteiger partial charge in [-0.1, -0.05) is 30.4 Å². The van der Waals surface area contributed by atoms with Crippen molar-refractivity contribution in [2.24, 2.45) is 0 Å². The monoisotopic (exact) mass is 372 g/mol. The summed E-state index contributed by atoms with van der Waals surface area (Å²) in [7, 11) is 1.59. The second-order valence-corrected chi connectivity index (χ2v) is 5.90. The maximum atomic E-state index is 13.1. The van der Waals surface area contributed by atoms with Crippen LogP contribution in [-0.4, -0.2) is 31.9 Å². The minimum absolute atomic E-state index is 0.147. The zero-order chi connectivity index (χ0) is 18.8. The molecule has 2 rings (SSSR count). The van der Waals surface area contributed by atoms with Gasteiger partial charge in [0.2, 0.25) is 5.70 Å². The van der Waals surface area contributed by atoms with Crippen LogP contribution in [-0.2, 0) is 4.74 Å². The first-order valence-electron chi connectivity index (χ1n) is 8.55. The van der Waals surface area contributed by atoms with Crippen molar-refractivity contribution in [3.05, 3.63) is 60.4 Å². The quantitative estimate of drug-likeness (QED) is 0.240. The Hall–Kier alpha value is -2.44. The van der Waals surface area contributed by atoms with Crippen LogP contribution in [0.25, 0.3) is 11.5 Å². The van der Waals surface area contributed by atoms with E-state index >= 15 is 0 Å². The van der Waals surface area contributed by atoms with Gasteiger partial charge in [-0.3, -0.25) is 0 Å². The Morgan fingerprint density at radius 3 is 2.46 bits per heavy atom. The predicted molar refractivity (Wildman–Crippen MR) is 104 cm³/mol. The van der Waals surface area contributed by atoms with Crippen molar-refractivity contribution in [1.29, 1.82) is 0 Å². The third-order valence-electron chi connectivity index (χ3n) is 3.71. The minimum atomic E-state index is -0.147. The fourth-order valence-electron chi connectivity index (χ4n) is 2.37. The Morgan fingerprint density at radius 1 is 1.15 bits per heavy atom. The molecule has 0 saturated heterocycles. The van der Waals surface area contributed by atoms with Gasteiger partial charge in [-0.25, -0.2) is 0 Å². The lowest BCUT2D eigenvalue weighted by molar-refractivity contribution is -0.577. The van der Waals surface area contributed by atoms with E-state index in [9.17, 15) is 5.11 Å². The molecule has 1 aromatic heterocycles. The van der Waals surface area contributed by atoms with Crippen LogP contribution in [0.3, 0.4) is 0 Å². The van der Waals surface area contributed by atoms with Crippen LogP contribution in [0.5, 0.6) is 5.75 Å². The van der Waals surface area contributed by atoms with Crippen LogP contribution >= 0.6 is 12.2 Å². The number of rotatable bonds is 9. The van der Waals surface area contributed by atoms with Crippen molar-refractivity contribution >= 4 is 28.7 Å². The number of ether oxygens (including phenoxy) is 2. The average molecular weight is 372 g/mol. The number of hydrogen-bond donors (Lipinski definition) is 1. The summed E-state index contributed by atoms with van der Waals surface area (Å²) in [5.74, 6) is 0.554. The molecule has 0 aliphatic rings. The highest BCUT2D eigenvalue weighted by Crippen LogP contribution is 2.18. The minimum Gasteiger partial charge on any atom is -0.867 e. The largest absolute Gasteiger partial charge is 0.867 e. The highest BCUT2D eigenvalue weighted by atomic mass is 32.1. The standard InChI is InChI=1S/C20H24N2O3S/c1-3-25-15-7-12-21-20(26)18(22-13-5-4-6-14-22)19(23)16-8-10-17(24-2)11-9-16/h4-6,8-11,13-14H,3,7,12,15H2,1-2H3,(H-,21,23,26). The summed E-state index contributed by atoms with van der Waals surface area (Å²) in [4.78, 5) is 0.415. The molecule has 6 heteroatoms. The Bertz CT molecular complexity index is 730. The molecule has 1 heterocycles. The summed E-state index contributed by atoms with van der Waals surface area (Å²) >= 11 is 5.50. The van der Waals surface area contributed by atoms with Crippen molar-refractivity contribution in [3.8, 4) is 5.75 Å². The molecule has 0 saturated carbocycles. The predicted octanol–water partition coefficient (Wildman–Crippen LogP) is 2.01. The van der Waals surface area contributed by atoms with Crippen LogP contribution in [0.1, 0.15) is 18.9 Å². The van der Waals surface area contributed by atoms with Gasteiger partial charge < -0.3 is 19.9 Å². The molecule has 0 spiro atoms. The Balaban J connectivity index is 2.26. The van der Waals surface area contributed by atoms with Gasteiger partial charge in [-0.2, -0.15) is 4.57 Å². The van der Waals surface area contributed by atoms with E-state index in [0.717, 1.165) is 6.42 Å². The van der Waals surface area contributed by atoms with Gasteiger partial charge in [0, 0.05) is 31.9 Å². The molecule has 5 nitrogen and oxygen atoms in total. The normalized spacial score (nSPS) is 11.6. The van der Waals surface area contributed by atoms with Crippen LogP contribution < -0.4 is 19.7 Å². The first kappa shape index (κ1) is 19.9. The van der Waals surface area contributed by atoms with E-state index in [2.05, 4.69) is 5.32 Å². The first-order valence-corrected chi connectivity index (χ1v) is 8.96. The molecule has 0 fully saturated rings. The van der Waals surface area contributed by atoms with Crippen molar-refractivity contribution in [2.75, 3.05) is 26.9 Å². The molecule has 0 atom stereocenters. The maximum absolute atomic E-state index is 13.1. The molecule has 0 bridgehead atoms. The van der Waals surface area contributed by atoms with E-state index < -0.39 is 0 Å². The summed E-state index contributed by atoms with van der Waals surface area (Å²) in [5, 5.41) is 16.2. The summed E-state index contributed by atoms with van der Waals surface area (Å²) in [5.41, 5.74) is 0.970. The number of methoxy groups -OCH3 is 1. The van der Waals surface area contributed by atoms with Crippen molar-refractivity contribution < 1.29 is 19.1 Å². The molecule has 138 valence electrons. The van der Waals surface area contributed by atoms with Crippen molar-refractivity contribution in [1.82, 2.24) is 5.32 Å². The van der Waals surface area contributed by atoms with Gasteiger partial charge in [0.25, 0.3) is 0 Å². The smallest absolute Gasteiger partial charge is 0.237 e. The fourth-order valence-corrected chi connectivity index (χ4v) is 2.67. The molecule has 26 heavy (non-hydrogen) atoms. The van der Waals surface area contributed by atoms with Crippen LogP contribution in [0, 0.1) is 0 Å². The molecule has 0 aliphatic carbocycles. The average Bonchev–Trinajstić information content (AvgIpc) is 2.69. The molecule has 0 radical (unpaired) electrons.